The Morgan fingerprint density at radius 1 is 0.429 bits per heavy atom. The third-order valence-electron chi connectivity index (χ3n) is 12.9. The van der Waals surface area contributed by atoms with Gasteiger partial charge in [-0.05, 0) is 66.2 Å². The van der Waals surface area contributed by atoms with Crippen LogP contribution in [0.1, 0.15) is 24.8 Å². The molecule has 0 bridgehead atoms. The molecular formula is C50H36N6. The topological polar surface area (TPSA) is 69.4 Å². The van der Waals surface area contributed by atoms with Crippen molar-refractivity contribution in [1.82, 2.24) is 29.5 Å². The van der Waals surface area contributed by atoms with E-state index >= 15 is 0 Å². The van der Waals surface area contributed by atoms with Crippen molar-refractivity contribution >= 4 is 21.8 Å². The second-order valence-electron chi connectivity index (χ2n) is 15.8. The molecule has 12 rings (SSSR count). The van der Waals surface area contributed by atoms with Crippen LogP contribution in [0.4, 0.5) is 0 Å². The molecule has 3 aliphatic carbocycles. The molecule has 0 saturated heterocycles. The summed E-state index contributed by atoms with van der Waals surface area (Å²) in [5, 5.41) is 2.37. The van der Waals surface area contributed by atoms with Gasteiger partial charge in [0, 0.05) is 44.7 Å². The summed E-state index contributed by atoms with van der Waals surface area (Å²) in [6, 6.07) is 57.0. The summed E-state index contributed by atoms with van der Waals surface area (Å²) in [7, 11) is 0. The number of rotatable bonds is 7. The van der Waals surface area contributed by atoms with E-state index < -0.39 is 0 Å². The van der Waals surface area contributed by atoms with E-state index in [1.165, 1.54) is 35.6 Å². The van der Waals surface area contributed by atoms with Crippen LogP contribution in [0.2, 0.25) is 0 Å². The van der Waals surface area contributed by atoms with E-state index in [4.69, 9.17) is 24.9 Å². The molecule has 9 aromatic rings. The average Bonchev–Trinajstić information content (AvgIpc) is 3.61. The minimum atomic E-state index is 0.425. The van der Waals surface area contributed by atoms with Crippen LogP contribution in [-0.4, -0.2) is 29.5 Å². The highest BCUT2D eigenvalue weighted by Gasteiger charge is 2.71. The molecule has 3 heterocycles. The maximum absolute atomic E-state index is 5.21. The fourth-order valence-corrected chi connectivity index (χ4v) is 10.3. The van der Waals surface area contributed by atoms with Crippen molar-refractivity contribution in [3.63, 3.8) is 0 Å². The second kappa shape index (κ2) is 12.1. The molecule has 0 amide bonds. The van der Waals surface area contributed by atoms with Crippen molar-refractivity contribution in [2.45, 2.75) is 24.7 Å². The van der Waals surface area contributed by atoms with Gasteiger partial charge in [-0.2, -0.15) is 0 Å². The van der Waals surface area contributed by atoms with Crippen molar-refractivity contribution in [1.29, 1.82) is 0 Å². The van der Waals surface area contributed by atoms with E-state index in [1.54, 1.807) is 0 Å². The van der Waals surface area contributed by atoms with E-state index in [0.29, 0.717) is 28.7 Å². The van der Waals surface area contributed by atoms with Gasteiger partial charge in [0.2, 0.25) is 0 Å². The highest BCUT2D eigenvalue weighted by atomic mass is 15.1. The van der Waals surface area contributed by atoms with Gasteiger partial charge in [-0.1, -0.05) is 140 Å². The molecule has 2 atom stereocenters. The summed E-state index contributed by atoms with van der Waals surface area (Å²) in [4.78, 5) is 25.7. The van der Waals surface area contributed by atoms with Crippen molar-refractivity contribution in [2.24, 2.45) is 17.8 Å². The van der Waals surface area contributed by atoms with Crippen LogP contribution in [0.25, 0.3) is 84.4 Å². The molecule has 3 fully saturated rings. The van der Waals surface area contributed by atoms with E-state index in [2.05, 4.69) is 132 Å². The molecule has 0 N–H and O–H groups in total. The number of hydrogen-bond acceptors (Lipinski definition) is 5. The number of hydrogen-bond donors (Lipinski definition) is 0. The van der Waals surface area contributed by atoms with Crippen LogP contribution in [0, 0.1) is 17.8 Å². The van der Waals surface area contributed by atoms with Gasteiger partial charge in [-0.15, -0.1) is 0 Å². The molecule has 56 heavy (non-hydrogen) atoms. The third-order valence-corrected chi connectivity index (χ3v) is 12.9. The fourth-order valence-electron chi connectivity index (χ4n) is 10.3. The SMILES string of the molecule is c1ccc(-c2nc(-c3cccc(-c4nc(-c5ccccc5)nc(-c5ccc(C67CC8CC(C6)C87)cc5)n4)c3)cc(-n3c4ccccc4c4ccccc43)n2)cc1. The molecule has 2 unspecified atom stereocenters. The molecule has 266 valence electrons. The van der Waals surface area contributed by atoms with Gasteiger partial charge < -0.3 is 0 Å². The number of fused-ring (bicyclic) bond motifs is 3. The second-order valence-corrected chi connectivity index (χ2v) is 15.8. The summed E-state index contributed by atoms with van der Waals surface area (Å²) in [5.41, 5.74) is 9.67. The number of aromatic nitrogens is 6. The third kappa shape index (κ3) is 4.78. The van der Waals surface area contributed by atoms with Gasteiger partial charge in [-0.3, -0.25) is 4.57 Å². The van der Waals surface area contributed by atoms with Gasteiger partial charge in [0.25, 0.3) is 0 Å². The maximum atomic E-state index is 5.21. The molecule has 3 aromatic heterocycles. The standard InChI is InChI=1S/C50H36N6/c1-3-12-31(13-4-1)46-51-41(28-44(52-46)56-42-20-9-7-18-39(42)40-19-8-10-21-43(40)56)34-16-11-17-35(26-34)49-54-47(32-14-5-2-6-15-32)53-48(55-49)33-22-24-38(25-23-33)50-29-36-27-37(30-50)45(36)50/h1-26,28,36-37,45H,27,29-30H2. The van der Waals surface area contributed by atoms with Gasteiger partial charge in [0.1, 0.15) is 5.82 Å². The molecule has 0 spiro atoms. The Hall–Kier alpha value is -6.79. The van der Waals surface area contributed by atoms with Gasteiger partial charge >= 0.3 is 0 Å². The van der Waals surface area contributed by atoms with Crippen molar-refractivity contribution in [3.05, 3.63) is 169 Å². The van der Waals surface area contributed by atoms with Gasteiger partial charge in [0.05, 0.1) is 16.7 Å². The Labute approximate surface area is 324 Å². The van der Waals surface area contributed by atoms with E-state index in [-0.39, 0.29) is 0 Å². The molecule has 0 radical (unpaired) electrons. The normalized spacial score (nSPS) is 20.5. The Kier molecular flexibility index (Phi) is 6.82. The van der Waals surface area contributed by atoms with Gasteiger partial charge in [0.15, 0.2) is 23.3 Å². The lowest BCUT2D eigenvalue weighted by molar-refractivity contribution is -0.219. The van der Waals surface area contributed by atoms with Gasteiger partial charge in [-0.25, -0.2) is 24.9 Å². The summed E-state index contributed by atoms with van der Waals surface area (Å²) < 4.78 is 2.25. The Balaban J connectivity index is 0.987. The summed E-state index contributed by atoms with van der Waals surface area (Å²) in [6.45, 7) is 0. The summed E-state index contributed by atoms with van der Waals surface area (Å²) >= 11 is 0. The molecule has 3 saturated carbocycles. The number of benzene rings is 6. The zero-order valence-electron chi connectivity index (χ0n) is 30.6. The maximum Gasteiger partial charge on any atom is 0.164 e. The van der Waals surface area contributed by atoms with Crippen molar-refractivity contribution in [2.75, 3.05) is 0 Å². The summed E-state index contributed by atoms with van der Waals surface area (Å²) in [6.07, 6.45) is 4.17. The minimum Gasteiger partial charge on any atom is -0.294 e. The first-order chi connectivity index (χ1) is 27.7. The Morgan fingerprint density at radius 3 is 1.52 bits per heavy atom. The lowest BCUT2D eigenvalue weighted by atomic mass is 9.28. The van der Waals surface area contributed by atoms with Crippen LogP contribution >= 0.6 is 0 Å². The number of para-hydroxylation sites is 2. The predicted octanol–water partition coefficient (Wildman–Crippen LogP) is 11.4. The minimum absolute atomic E-state index is 0.425. The quantitative estimate of drug-likeness (QED) is 0.164. The fraction of sp³-hybridized carbons (Fsp3) is 0.140. The smallest absolute Gasteiger partial charge is 0.164 e. The predicted molar refractivity (Wildman–Crippen MR) is 223 cm³/mol. The number of nitrogens with zero attached hydrogens (tertiary/aromatic N) is 6. The van der Waals surface area contributed by atoms with E-state index in [9.17, 15) is 0 Å². The highest BCUT2D eigenvalue weighted by Crippen LogP contribution is 2.77. The van der Waals surface area contributed by atoms with E-state index in [1.807, 2.05) is 36.4 Å². The zero-order chi connectivity index (χ0) is 36.8. The zero-order valence-corrected chi connectivity index (χ0v) is 30.6. The lowest BCUT2D eigenvalue weighted by Crippen LogP contribution is -2.71. The van der Waals surface area contributed by atoms with Crippen LogP contribution in [0.5, 0.6) is 0 Å². The Morgan fingerprint density at radius 2 is 0.929 bits per heavy atom. The van der Waals surface area contributed by atoms with Crippen molar-refractivity contribution < 1.29 is 0 Å². The lowest BCUT2D eigenvalue weighted by Gasteiger charge is -2.76. The highest BCUT2D eigenvalue weighted by molar-refractivity contribution is 6.09. The van der Waals surface area contributed by atoms with Crippen LogP contribution in [0.3, 0.4) is 0 Å². The largest absolute Gasteiger partial charge is 0.294 e. The van der Waals surface area contributed by atoms with Crippen LogP contribution in [0.15, 0.2) is 164 Å². The Bertz CT molecular complexity index is 2910. The monoisotopic (exact) mass is 720 g/mol. The molecule has 6 heteroatoms. The van der Waals surface area contributed by atoms with Crippen LogP contribution in [-0.2, 0) is 5.41 Å². The average molecular weight is 721 g/mol. The first kappa shape index (κ1) is 31.5. The first-order valence-electron chi connectivity index (χ1n) is 19.6. The molecule has 0 aliphatic heterocycles. The molecule has 6 nitrogen and oxygen atoms in total. The van der Waals surface area contributed by atoms with E-state index in [0.717, 1.165) is 68.1 Å². The molecule has 6 aromatic carbocycles. The molecule has 3 aliphatic rings. The van der Waals surface area contributed by atoms with Crippen LogP contribution < -0.4 is 0 Å². The molecular weight excluding hydrogens is 685 g/mol. The van der Waals surface area contributed by atoms with Crippen molar-refractivity contribution in [3.8, 4) is 62.6 Å². The summed E-state index contributed by atoms with van der Waals surface area (Å²) in [5.74, 6) is 6.27. The first-order valence-corrected chi connectivity index (χ1v) is 19.6.